The van der Waals surface area contributed by atoms with E-state index in [9.17, 15) is 26.2 Å². The van der Waals surface area contributed by atoms with E-state index in [0.717, 1.165) is 117 Å². The van der Waals surface area contributed by atoms with Gasteiger partial charge in [0, 0.05) is 77.8 Å². The largest absolute Gasteiger partial charge is 0.744 e. The minimum Gasteiger partial charge on any atom is -0.744 e. The Morgan fingerprint density at radius 3 is 2.37 bits per heavy atom. The van der Waals surface area contributed by atoms with Gasteiger partial charge in [-0.25, -0.2) is 26.1 Å². The number of amides is 1. The molecule has 5 heterocycles. The molecule has 276 valence electrons. The quantitative estimate of drug-likeness (QED) is 0.0770. The SMILES string of the molecule is O=C(CI)NCCCCCNS(=O)(=O)c1ccc(C2=c3cc4c5c(c3Oc3c2cc2c6c3CCCN6CCC2)CCC[N+]=5CCC4)c(S(=O)(=O)[O-])c1. The number of halogens is 1. The number of benzene rings is 3. The topological polar surface area (TPSA) is 148 Å². The van der Waals surface area contributed by atoms with Crippen LogP contribution < -0.4 is 34.8 Å². The van der Waals surface area contributed by atoms with Crippen LogP contribution in [0.3, 0.4) is 0 Å². The Balaban J connectivity index is 1.26. The summed E-state index contributed by atoms with van der Waals surface area (Å²) in [6.45, 7) is 4.59. The number of nitrogens with one attached hydrogen (secondary N) is 2. The van der Waals surface area contributed by atoms with E-state index in [1.165, 1.54) is 34.3 Å². The molecule has 0 radical (unpaired) electrons. The van der Waals surface area contributed by atoms with Crippen LogP contribution in [0, 0.1) is 0 Å². The molecule has 11 nitrogen and oxygen atoms in total. The summed E-state index contributed by atoms with van der Waals surface area (Å²) in [7, 11) is -9.27. The van der Waals surface area contributed by atoms with Crippen LogP contribution in [0.5, 0.6) is 11.5 Å². The number of unbranched alkanes of at least 4 members (excludes halogenated alkanes) is 2. The fraction of sp³-hybridized carbons (Fsp3) is 0.474. The summed E-state index contributed by atoms with van der Waals surface area (Å²) < 4.78 is 78.9. The van der Waals surface area contributed by atoms with Gasteiger partial charge in [0.05, 0.1) is 19.8 Å². The number of carbonyl (C=O) groups excluding carboxylic acids is 1. The zero-order valence-corrected chi connectivity index (χ0v) is 32.9. The average molecular weight is 859 g/mol. The van der Waals surface area contributed by atoms with E-state index in [1.807, 2.05) is 22.6 Å². The molecule has 0 bridgehead atoms. The van der Waals surface area contributed by atoms with Crippen molar-refractivity contribution in [3.63, 3.8) is 0 Å². The lowest BCUT2D eigenvalue weighted by atomic mass is 9.82. The van der Waals surface area contributed by atoms with E-state index < -0.39 is 25.0 Å². The van der Waals surface area contributed by atoms with Gasteiger partial charge in [-0.1, -0.05) is 35.1 Å². The maximum absolute atomic E-state index is 13.5. The maximum Gasteiger partial charge on any atom is 0.240 e. The number of nitrogens with zero attached hydrogens (tertiary/aromatic N) is 2. The molecule has 8 rings (SSSR count). The lowest BCUT2D eigenvalue weighted by molar-refractivity contribution is -0.118. The number of carbonyl (C=O) groups is 1. The van der Waals surface area contributed by atoms with Gasteiger partial charge >= 0.3 is 0 Å². The Kier molecular flexibility index (Phi) is 9.89. The van der Waals surface area contributed by atoms with Crippen molar-refractivity contribution in [1.29, 1.82) is 0 Å². The summed E-state index contributed by atoms with van der Waals surface area (Å²) >= 11 is 1.99. The van der Waals surface area contributed by atoms with Gasteiger partial charge in [-0.2, -0.15) is 0 Å². The van der Waals surface area contributed by atoms with E-state index in [4.69, 9.17) is 4.74 Å². The van der Waals surface area contributed by atoms with Gasteiger partial charge in [-0.15, -0.1) is 0 Å². The number of hydrogen-bond donors (Lipinski definition) is 2. The minimum atomic E-state index is -5.13. The van der Waals surface area contributed by atoms with E-state index in [1.54, 1.807) is 0 Å². The second-order valence-corrected chi connectivity index (χ2v) is 18.3. The molecular formula is C38H43IN4O7S2. The predicted molar refractivity (Wildman–Crippen MR) is 206 cm³/mol. The molecule has 0 unspecified atom stereocenters. The fourth-order valence-corrected chi connectivity index (χ4v) is 11.0. The van der Waals surface area contributed by atoms with Crippen LogP contribution in [-0.4, -0.2) is 71.0 Å². The van der Waals surface area contributed by atoms with Crippen LogP contribution in [0.1, 0.15) is 78.3 Å². The predicted octanol–water partition coefficient (Wildman–Crippen LogP) is 3.03. The second-order valence-electron chi connectivity index (χ2n) is 14.4. The van der Waals surface area contributed by atoms with E-state index in [0.29, 0.717) is 35.8 Å². The average Bonchev–Trinajstić information content (AvgIpc) is 3.13. The summed E-state index contributed by atoms with van der Waals surface area (Å²) in [4.78, 5) is 13.1. The van der Waals surface area contributed by atoms with Crippen LogP contribution in [0.15, 0.2) is 40.1 Å². The van der Waals surface area contributed by atoms with Crippen LogP contribution in [0.4, 0.5) is 5.69 Å². The number of fused-ring (bicyclic) bond motifs is 4. The monoisotopic (exact) mass is 858 g/mol. The highest BCUT2D eigenvalue weighted by atomic mass is 127. The standard InChI is InChI=1S/C38H43IN4O7S2/c39-23-33(44)40-14-2-1-3-15-41-51(45,46)26-12-13-27(32(22-26)52(47,48)49)34-30-20-24-8-4-16-42-18-6-10-28(35(24)42)37(30)50-38-29-11-7-19-43-17-5-9-25(36(29)43)21-31(34)38/h12-13,20-22,41H,1-11,14-19,23H2,(H-,40,44,47,48,49). The Hall–Kier alpha value is -3.05. The van der Waals surface area contributed by atoms with Crippen molar-refractivity contribution in [3.05, 3.63) is 74.3 Å². The molecule has 0 fully saturated rings. The van der Waals surface area contributed by atoms with Gasteiger partial charge in [0.1, 0.15) is 34.7 Å². The number of sulfonamides is 1. The smallest absolute Gasteiger partial charge is 0.240 e. The van der Waals surface area contributed by atoms with Crippen LogP contribution in [0.25, 0.3) is 5.57 Å². The van der Waals surface area contributed by atoms with Crippen molar-refractivity contribution in [1.82, 2.24) is 14.6 Å². The first-order valence-corrected chi connectivity index (χ1v) is 22.8. The first kappa shape index (κ1) is 36.0. The Labute approximate surface area is 318 Å². The highest BCUT2D eigenvalue weighted by molar-refractivity contribution is 14.1. The van der Waals surface area contributed by atoms with Crippen LogP contribution in [0.2, 0.25) is 0 Å². The fourth-order valence-electron chi connectivity index (χ4n) is 8.88. The molecule has 52 heavy (non-hydrogen) atoms. The van der Waals surface area contributed by atoms with Crippen molar-refractivity contribution >= 4 is 59.9 Å². The molecule has 3 aromatic carbocycles. The summed E-state index contributed by atoms with van der Waals surface area (Å²) in [5.74, 6) is 1.40. The van der Waals surface area contributed by atoms with E-state index in [-0.39, 0.29) is 22.9 Å². The van der Waals surface area contributed by atoms with Crippen LogP contribution in [-0.2, 0) is 50.6 Å². The van der Waals surface area contributed by atoms with Crippen molar-refractivity contribution in [2.75, 3.05) is 48.6 Å². The third-order valence-electron chi connectivity index (χ3n) is 11.1. The molecule has 0 aromatic heterocycles. The van der Waals surface area contributed by atoms with Crippen LogP contribution >= 0.6 is 22.6 Å². The van der Waals surface area contributed by atoms with Crippen molar-refractivity contribution in [2.45, 2.75) is 80.4 Å². The van der Waals surface area contributed by atoms with E-state index in [2.05, 4.69) is 31.6 Å². The number of ether oxygens (including phenoxy) is 1. The van der Waals surface area contributed by atoms with Crippen molar-refractivity contribution < 1.29 is 30.9 Å². The van der Waals surface area contributed by atoms with Gasteiger partial charge in [-0.05, 0) is 81.2 Å². The lowest BCUT2D eigenvalue weighted by Crippen LogP contribution is -2.45. The first-order valence-electron chi connectivity index (χ1n) is 18.4. The molecule has 0 saturated carbocycles. The zero-order chi connectivity index (χ0) is 36.2. The Bertz CT molecular complexity index is 2340. The number of rotatable bonds is 11. The highest BCUT2D eigenvalue weighted by Crippen LogP contribution is 2.49. The third kappa shape index (κ3) is 6.56. The second kappa shape index (κ2) is 14.3. The van der Waals surface area contributed by atoms with Crippen molar-refractivity contribution in [3.8, 4) is 11.5 Å². The molecule has 5 aliphatic rings. The molecule has 3 aromatic rings. The summed E-state index contributed by atoms with van der Waals surface area (Å²) in [6, 6.07) is 8.18. The summed E-state index contributed by atoms with van der Waals surface area (Å²) in [5.41, 5.74) is 7.42. The maximum atomic E-state index is 13.5. The third-order valence-corrected chi connectivity index (χ3v) is 14.1. The first-order chi connectivity index (χ1) is 25.0. The van der Waals surface area contributed by atoms with Gasteiger partial charge < -0.3 is 19.5 Å². The molecule has 0 spiro atoms. The van der Waals surface area contributed by atoms with E-state index >= 15 is 0 Å². The molecule has 2 N–H and O–H groups in total. The number of hydrogen-bond acceptors (Lipinski definition) is 8. The van der Waals surface area contributed by atoms with Gasteiger partial charge in [0.25, 0.3) is 0 Å². The number of anilines is 1. The number of aryl methyl sites for hydroxylation is 2. The molecule has 0 atom stereocenters. The molecule has 14 heteroatoms. The lowest BCUT2D eigenvalue weighted by Gasteiger charge is -2.39. The van der Waals surface area contributed by atoms with Gasteiger partial charge in [0.15, 0.2) is 0 Å². The van der Waals surface area contributed by atoms with Gasteiger partial charge in [0.2, 0.25) is 21.3 Å². The molecular weight excluding hydrogens is 815 g/mol. The van der Waals surface area contributed by atoms with Gasteiger partial charge in [-0.3, -0.25) is 4.79 Å². The Morgan fingerprint density at radius 2 is 1.58 bits per heavy atom. The molecule has 0 saturated heterocycles. The summed E-state index contributed by atoms with van der Waals surface area (Å²) in [6.07, 6.45) is 9.36. The Morgan fingerprint density at radius 1 is 0.846 bits per heavy atom. The normalized spacial score (nSPS) is 17.5. The molecule has 1 amide bonds. The number of alkyl halides is 1. The van der Waals surface area contributed by atoms with Crippen molar-refractivity contribution in [2.24, 2.45) is 0 Å². The zero-order valence-electron chi connectivity index (χ0n) is 29.1. The highest BCUT2D eigenvalue weighted by Gasteiger charge is 2.36. The summed E-state index contributed by atoms with van der Waals surface area (Å²) in [5, 5.41) is 4.78. The molecule has 0 aliphatic carbocycles. The molecule has 5 aliphatic heterocycles. The minimum absolute atomic E-state index is 0.0407.